The smallest absolute Gasteiger partial charge is 0.325 e. The van der Waals surface area contributed by atoms with Crippen LogP contribution in [0.2, 0.25) is 0 Å². The van der Waals surface area contributed by atoms with Crippen molar-refractivity contribution in [3.05, 3.63) is 74.2 Å². The first-order chi connectivity index (χ1) is 14.1. The summed E-state index contributed by atoms with van der Waals surface area (Å²) < 4.78 is 0.845. The number of nitro benzene ring substituents is 1. The van der Waals surface area contributed by atoms with E-state index in [1.165, 1.54) is 36.1 Å². The Morgan fingerprint density at radius 1 is 1.23 bits per heavy atom. The lowest BCUT2D eigenvalue weighted by atomic mass is 9.91. The molecule has 0 saturated carbocycles. The summed E-state index contributed by atoms with van der Waals surface area (Å²) in [6, 6.07) is 12.2. The molecular formula is C20H19BrN4O5. The van der Waals surface area contributed by atoms with Crippen molar-refractivity contribution in [1.82, 2.24) is 15.1 Å². The second kappa shape index (κ2) is 8.23. The highest BCUT2D eigenvalue weighted by molar-refractivity contribution is 9.10. The predicted molar refractivity (Wildman–Crippen MR) is 111 cm³/mol. The van der Waals surface area contributed by atoms with Crippen molar-refractivity contribution in [2.45, 2.75) is 19.0 Å². The van der Waals surface area contributed by atoms with Crippen molar-refractivity contribution in [3.63, 3.8) is 0 Å². The summed E-state index contributed by atoms with van der Waals surface area (Å²) in [7, 11) is 1.58. The lowest BCUT2D eigenvalue weighted by Gasteiger charge is -2.23. The van der Waals surface area contributed by atoms with Crippen LogP contribution in [0.3, 0.4) is 0 Å². The second-order valence-electron chi connectivity index (χ2n) is 7.10. The zero-order chi connectivity index (χ0) is 22.1. The number of nitro groups is 1. The Bertz CT molecular complexity index is 1040. The average Bonchev–Trinajstić information content (AvgIpc) is 2.93. The van der Waals surface area contributed by atoms with Gasteiger partial charge in [0.2, 0.25) is 5.91 Å². The number of urea groups is 1. The summed E-state index contributed by atoms with van der Waals surface area (Å²) >= 11 is 3.42. The number of carbonyl (C=O) groups excluding carboxylic acids is 3. The highest BCUT2D eigenvalue weighted by atomic mass is 79.9. The van der Waals surface area contributed by atoms with Gasteiger partial charge >= 0.3 is 6.03 Å². The maximum Gasteiger partial charge on any atom is 0.325 e. The molecule has 1 atom stereocenters. The molecule has 1 N–H and O–H groups in total. The molecule has 1 heterocycles. The number of hydrogen-bond acceptors (Lipinski definition) is 5. The summed E-state index contributed by atoms with van der Waals surface area (Å²) in [6.45, 7) is 1.32. The van der Waals surface area contributed by atoms with E-state index in [4.69, 9.17) is 0 Å². The Balaban J connectivity index is 1.76. The molecule has 0 aromatic heterocycles. The molecule has 156 valence electrons. The Labute approximate surface area is 180 Å². The van der Waals surface area contributed by atoms with Gasteiger partial charge in [-0.25, -0.2) is 4.79 Å². The van der Waals surface area contributed by atoms with Crippen LogP contribution in [0.5, 0.6) is 0 Å². The van der Waals surface area contributed by atoms with Gasteiger partial charge in [0.15, 0.2) is 0 Å². The molecule has 3 rings (SSSR count). The number of amides is 4. The van der Waals surface area contributed by atoms with E-state index in [1.807, 2.05) is 24.3 Å². The summed E-state index contributed by atoms with van der Waals surface area (Å²) in [5, 5.41) is 13.6. The average molecular weight is 475 g/mol. The van der Waals surface area contributed by atoms with E-state index in [1.54, 1.807) is 7.05 Å². The van der Waals surface area contributed by atoms with E-state index in [9.17, 15) is 24.5 Å². The van der Waals surface area contributed by atoms with Crippen molar-refractivity contribution in [3.8, 4) is 0 Å². The minimum absolute atomic E-state index is 0.196. The van der Waals surface area contributed by atoms with Crippen LogP contribution >= 0.6 is 15.9 Å². The SMILES string of the molecule is CN(Cc1ccccc1Br)C(=O)CN1C(=O)NC(C)(c2cccc([N+](=O)[O-])c2)C1=O. The van der Waals surface area contributed by atoms with E-state index in [2.05, 4.69) is 21.2 Å². The second-order valence-corrected chi connectivity index (χ2v) is 7.95. The van der Waals surface area contributed by atoms with Gasteiger partial charge in [0.25, 0.3) is 11.6 Å². The Kier molecular flexibility index (Phi) is 5.88. The van der Waals surface area contributed by atoms with Gasteiger partial charge in [0.1, 0.15) is 12.1 Å². The lowest BCUT2D eigenvalue weighted by molar-refractivity contribution is -0.385. The molecule has 1 aliphatic heterocycles. The maximum atomic E-state index is 13.0. The number of nitrogens with zero attached hydrogens (tertiary/aromatic N) is 3. The van der Waals surface area contributed by atoms with Crippen molar-refractivity contribution < 1.29 is 19.3 Å². The molecular weight excluding hydrogens is 456 g/mol. The number of halogens is 1. The fourth-order valence-corrected chi connectivity index (χ4v) is 3.60. The summed E-state index contributed by atoms with van der Waals surface area (Å²) in [5.41, 5.74) is -0.540. The van der Waals surface area contributed by atoms with Gasteiger partial charge in [-0.15, -0.1) is 0 Å². The quantitative estimate of drug-likeness (QED) is 0.392. The molecule has 9 nitrogen and oxygen atoms in total. The summed E-state index contributed by atoms with van der Waals surface area (Å²) in [6.07, 6.45) is 0. The molecule has 0 bridgehead atoms. The monoisotopic (exact) mass is 474 g/mol. The number of non-ortho nitro benzene ring substituents is 1. The molecule has 2 aromatic rings. The van der Waals surface area contributed by atoms with Crippen LogP contribution in [0.15, 0.2) is 53.0 Å². The molecule has 4 amide bonds. The highest BCUT2D eigenvalue weighted by Gasteiger charge is 2.50. The molecule has 30 heavy (non-hydrogen) atoms. The van der Waals surface area contributed by atoms with Crippen molar-refractivity contribution >= 4 is 39.5 Å². The Morgan fingerprint density at radius 2 is 1.93 bits per heavy atom. The van der Waals surface area contributed by atoms with Gasteiger partial charge in [-0.2, -0.15) is 0 Å². The van der Waals surface area contributed by atoms with Gasteiger partial charge in [-0.1, -0.05) is 46.3 Å². The van der Waals surface area contributed by atoms with Gasteiger partial charge < -0.3 is 10.2 Å². The summed E-state index contributed by atoms with van der Waals surface area (Å²) in [5.74, 6) is -1.06. The Hall–Kier alpha value is -3.27. The van der Waals surface area contributed by atoms with Crippen LogP contribution in [-0.4, -0.2) is 46.2 Å². The third-order valence-corrected chi connectivity index (χ3v) is 5.77. The zero-order valence-electron chi connectivity index (χ0n) is 16.3. The van der Waals surface area contributed by atoms with Crippen LogP contribution in [0.25, 0.3) is 0 Å². The van der Waals surface area contributed by atoms with E-state index in [0.29, 0.717) is 6.54 Å². The van der Waals surface area contributed by atoms with Crippen molar-refractivity contribution in [1.29, 1.82) is 0 Å². The minimum Gasteiger partial charge on any atom is -0.340 e. The van der Waals surface area contributed by atoms with E-state index in [0.717, 1.165) is 14.9 Å². The van der Waals surface area contributed by atoms with E-state index < -0.39 is 34.9 Å². The van der Waals surface area contributed by atoms with Crippen LogP contribution < -0.4 is 5.32 Å². The molecule has 10 heteroatoms. The van der Waals surface area contributed by atoms with Crippen molar-refractivity contribution in [2.75, 3.05) is 13.6 Å². The van der Waals surface area contributed by atoms with Gasteiger partial charge in [0, 0.05) is 30.2 Å². The van der Waals surface area contributed by atoms with Gasteiger partial charge in [-0.05, 0) is 24.1 Å². The number of benzene rings is 2. The zero-order valence-corrected chi connectivity index (χ0v) is 17.9. The standard InChI is InChI=1S/C20H19BrN4O5/c1-20(14-7-5-8-15(10-14)25(29)30)18(27)24(19(28)22-20)12-17(26)23(2)11-13-6-3-4-9-16(13)21/h3-10H,11-12H2,1-2H3,(H,22,28). The minimum atomic E-state index is -1.50. The molecule has 1 saturated heterocycles. The van der Waals surface area contributed by atoms with Crippen molar-refractivity contribution in [2.24, 2.45) is 0 Å². The van der Waals surface area contributed by atoms with Crippen LogP contribution in [-0.2, 0) is 21.7 Å². The maximum absolute atomic E-state index is 13.0. The molecule has 1 unspecified atom stereocenters. The van der Waals surface area contributed by atoms with Crippen LogP contribution in [0.4, 0.5) is 10.5 Å². The number of nitrogens with one attached hydrogen (secondary N) is 1. The number of imide groups is 1. The molecule has 1 fully saturated rings. The van der Waals surface area contributed by atoms with Crippen LogP contribution in [0.1, 0.15) is 18.1 Å². The largest absolute Gasteiger partial charge is 0.340 e. The fourth-order valence-electron chi connectivity index (χ4n) is 3.19. The number of rotatable bonds is 6. The molecule has 1 aliphatic rings. The van der Waals surface area contributed by atoms with Crippen LogP contribution in [0, 0.1) is 10.1 Å². The van der Waals surface area contributed by atoms with Gasteiger partial charge in [0.05, 0.1) is 4.92 Å². The number of carbonyl (C=O) groups is 3. The number of hydrogen-bond donors (Lipinski definition) is 1. The topological polar surface area (TPSA) is 113 Å². The molecule has 0 radical (unpaired) electrons. The molecule has 0 spiro atoms. The first-order valence-corrected chi connectivity index (χ1v) is 9.79. The third kappa shape index (κ3) is 4.04. The lowest BCUT2D eigenvalue weighted by Crippen LogP contribution is -2.43. The first kappa shape index (κ1) is 21.4. The molecule has 2 aromatic carbocycles. The Morgan fingerprint density at radius 3 is 2.60 bits per heavy atom. The first-order valence-electron chi connectivity index (χ1n) is 9.00. The van der Waals surface area contributed by atoms with E-state index in [-0.39, 0.29) is 11.3 Å². The fraction of sp³-hybridized carbons (Fsp3) is 0.250. The van der Waals surface area contributed by atoms with E-state index >= 15 is 0 Å². The third-order valence-electron chi connectivity index (χ3n) is 4.99. The summed E-state index contributed by atoms with van der Waals surface area (Å²) in [4.78, 5) is 50.8. The number of likely N-dealkylation sites (N-methyl/N-ethyl adjacent to an activating group) is 1. The normalized spacial score (nSPS) is 18.3. The van der Waals surface area contributed by atoms with Gasteiger partial charge in [-0.3, -0.25) is 24.6 Å². The molecule has 0 aliphatic carbocycles. The predicted octanol–water partition coefficient (Wildman–Crippen LogP) is 2.78. The highest BCUT2D eigenvalue weighted by Crippen LogP contribution is 2.31.